The maximum absolute atomic E-state index is 13.2. The molecule has 1 heterocycles. The Bertz CT molecular complexity index is 498. The van der Waals surface area contributed by atoms with Crippen LogP contribution in [-0.4, -0.2) is 4.98 Å². The molecule has 0 saturated carbocycles. The molecular weight excluding hydrogens is 173 g/mol. The minimum atomic E-state index is -0.546. The molecule has 0 radical (unpaired) electrons. The predicted octanol–water partition coefficient (Wildman–Crippen LogP) is 1.82. The molecule has 0 aliphatic carbocycles. The summed E-state index contributed by atoms with van der Waals surface area (Å²) in [6, 6.07) is 2.82. The molecule has 0 aliphatic heterocycles. The van der Waals surface area contributed by atoms with Crippen LogP contribution < -0.4 is 5.76 Å². The van der Waals surface area contributed by atoms with Crippen LogP contribution in [0.3, 0.4) is 0 Å². The van der Waals surface area contributed by atoms with E-state index in [4.69, 9.17) is 4.42 Å². The molecule has 0 amide bonds. The highest BCUT2D eigenvalue weighted by Crippen LogP contribution is 2.19. The van der Waals surface area contributed by atoms with Gasteiger partial charge in [-0.25, -0.2) is 9.18 Å². The maximum Gasteiger partial charge on any atom is 0.417 e. The van der Waals surface area contributed by atoms with Gasteiger partial charge in [0.05, 0.1) is 5.52 Å². The van der Waals surface area contributed by atoms with Crippen molar-refractivity contribution in [2.75, 3.05) is 0 Å². The topological polar surface area (TPSA) is 46.0 Å². The molecule has 1 N–H and O–H groups in total. The lowest BCUT2D eigenvalue weighted by Gasteiger charge is -1.97. The fourth-order valence-electron chi connectivity index (χ4n) is 1.38. The van der Waals surface area contributed by atoms with Crippen LogP contribution in [0.1, 0.15) is 12.5 Å². The van der Waals surface area contributed by atoms with E-state index in [0.717, 1.165) is 0 Å². The number of rotatable bonds is 1. The summed E-state index contributed by atoms with van der Waals surface area (Å²) in [6.45, 7) is 1.81. The average Bonchev–Trinajstić information content (AvgIpc) is 2.45. The van der Waals surface area contributed by atoms with Gasteiger partial charge in [-0.2, -0.15) is 0 Å². The summed E-state index contributed by atoms with van der Waals surface area (Å²) >= 11 is 0. The van der Waals surface area contributed by atoms with Crippen molar-refractivity contribution in [3.63, 3.8) is 0 Å². The third kappa shape index (κ3) is 1.14. The first kappa shape index (κ1) is 8.04. The van der Waals surface area contributed by atoms with Crippen molar-refractivity contribution in [1.82, 2.24) is 4.98 Å². The lowest BCUT2D eigenvalue weighted by atomic mass is 10.1. The Hall–Kier alpha value is -1.58. The van der Waals surface area contributed by atoms with E-state index >= 15 is 0 Å². The minimum absolute atomic E-state index is 0.326. The highest BCUT2D eigenvalue weighted by molar-refractivity contribution is 5.76. The summed E-state index contributed by atoms with van der Waals surface area (Å²) in [6.07, 6.45) is 0.504. The molecule has 0 unspecified atom stereocenters. The van der Waals surface area contributed by atoms with Crippen molar-refractivity contribution in [2.24, 2.45) is 0 Å². The fraction of sp³-hybridized carbons (Fsp3) is 0.222. The van der Waals surface area contributed by atoms with Gasteiger partial charge < -0.3 is 4.42 Å². The number of halogens is 1. The molecule has 1 aromatic heterocycles. The van der Waals surface area contributed by atoms with Gasteiger partial charge in [0.1, 0.15) is 5.82 Å². The van der Waals surface area contributed by atoms with E-state index in [1.165, 1.54) is 12.1 Å². The standard InChI is InChI=1S/C9H8FNO2/c1-2-5-6(10)3-4-7-8(5)13-9(12)11-7/h3-4H,2H2,1H3,(H,11,12). The van der Waals surface area contributed by atoms with E-state index in [-0.39, 0.29) is 5.82 Å². The van der Waals surface area contributed by atoms with Crippen LogP contribution in [0.2, 0.25) is 0 Å². The summed E-state index contributed by atoms with van der Waals surface area (Å²) in [5.74, 6) is -0.881. The second-order valence-corrected chi connectivity index (χ2v) is 2.77. The lowest BCUT2D eigenvalue weighted by Crippen LogP contribution is -1.92. The molecule has 1 aromatic carbocycles. The van der Waals surface area contributed by atoms with Gasteiger partial charge in [-0.15, -0.1) is 0 Å². The molecule has 3 nitrogen and oxygen atoms in total. The number of oxazole rings is 1. The minimum Gasteiger partial charge on any atom is -0.407 e. The van der Waals surface area contributed by atoms with Crippen molar-refractivity contribution in [2.45, 2.75) is 13.3 Å². The number of fused-ring (bicyclic) bond motifs is 1. The van der Waals surface area contributed by atoms with E-state index in [1.807, 2.05) is 6.92 Å². The van der Waals surface area contributed by atoms with E-state index in [9.17, 15) is 9.18 Å². The average molecular weight is 181 g/mol. The Labute approximate surface area is 73.2 Å². The van der Waals surface area contributed by atoms with Gasteiger partial charge in [-0.3, -0.25) is 4.98 Å². The largest absolute Gasteiger partial charge is 0.417 e. The summed E-state index contributed by atoms with van der Waals surface area (Å²) in [7, 11) is 0. The second kappa shape index (κ2) is 2.73. The van der Waals surface area contributed by atoms with Crippen LogP contribution in [0.25, 0.3) is 11.1 Å². The molecule has 0 spiro atoms. The number of nitrogens with one attached hydrogen (secondary N) is 1. The number of hydrogen-bond donors (Lipinski definition) is 1. The zero-order valence-electron chi connectivity index (χ0n) is 7.06. The SMILES string of the molecule is CCc1c(F)ccc2[nH]c(=O)oc12. The van der Waals surface area contributed by atoms with Gasteiger partial charge in [0.25, 0.3) is 0 Å². The Kier molecular flexibility index (Phi) is 1.69. The van der Waals surface area contributed by atoms with E-state index < -0.39 is 5.76 Å². The van der Waals surface area contributed by atoms with Gasteiger partial charge in [0.15, 0.2) is 5.58 Å². The summed E-state index contributed by atoms with van der Waals surface area (Å²) < 4.78 is 18.0. The Morgan fingerprint density at radius 1 is 1.54 bits per heavy atom. The number of aromatic nitrogens is 1. The molecule has 2 aromatic rings. The number of aromatic amines is 1. The maximum atomic E-state index is 13.2. The van der Waals surface area contributed by atoms with Crippen molar-refractivity contribution >= 4 is 11.1 Å². The molecule has 0 saturated heterocycles. The van der Waals surface area contributed by atoms with Crippen LogP contribution in [0.15, 0.2) is 21.3 Å². The van der Waals surface area contributed by atoms with Gasteiger partial charge in [-0.1, -0.05) is 6.92 Å². The van der Waals surface area contributed by atoms with Crippen LogP contribution in [0, 0.1) is 5.82 Å². The highest BCUT2D eigenvalue weighted by Gasteiger charge is 2.09. The number of aryl methyl sites for hydroxylation is 1. The van der Waals surface area contributed by atoms with Crippen molar-refractivity contribution < 1.29 is 8.81 Å². The molecule has 0 aliphatic rings. The first-order valence-electron chi connectivity index (χ1n) is 4.02. The zero-order valence-corrected chi connectivity index (χ0v) is 7.06. The predicted molar refractivity (Wildman–Crippen MR) is 46.2 cm³/mol. The van der Waals surface area contributed by atoms with Crippen LogP contribution in [0.4, 0.5) is 4.39 Å². The second-order valence-electron chi connectivity index (χ2n) is 2.77. The summed E-state index contributed by atoms with van der Waals surface area (Å²) in [4.78, 5) is 13.3. The summed E-state index contributed by atoms with van der Waals surface area (Å²) in [5.41, 5.74) is 1.31. The van der Waals surface area contributed by atoms with Gasteiger partial charge in [0.2, 0.25) is 0 Å². The van der Waals surface area contributed by atoms with Crippen LogP contribution >= 0.6 is 0 Å². The van der Waals surface area contributed by atoms with Crippen LogP contribution in [-0.2, 0) is 6.42 Å². The molecular formula is C9H8FNO2. The smallest absolute Gasteiger partial charge is 0.407 e. The molecule has 68 valence electrons. The number of H-pyrrole nitrogens is 1. The van der Waals surface area contributed by atoms with Gasteiger partial charge in [-0.05, 0) is 18.6 Å². The monoisotopic (exact) mass is 181 g/mol. The molecule has 13 heavy (non-hydrogen) atoms. The van der Waals surface area contributed by atoms with Crippen molar-refractivity contribution in [1.29, 1.82) is 0 Å². The third-order valence-electron chi connectivity index (χ3n) is 1.99. The molecule has 2 rings (SSSR count). The van der Waals surface area contributed by atoms with Gasteiger partial charge in [0, 0.05) is 5.56 Å². The number of hydrogen-bond acceptors (Lipinski definition) is 2. The quantitative estimate of drug-likeness (QED) is 0.729. The Balaban J connectivity index is 2.90. The van der Waals surface area contributed by atoms with E-state index in [1.54, 1.807) is 0 Å². The Morgan fingerprint density at radius 2 is 2.31 bits per heavy atom. The number of benzene rings is 1. The van der Waals surface area contributed by atoms with Gasteiger partial charge >= 0.3 is 5.76 Å². The van der Waals surface area contributed by atoms with E-state index in [0.29, 0.717) is 23.1 Å². The summed E-state index contributed by atoms with van der Waals surface area (Å²) in [5, 5.41) is 0. The fourth-order valence-corrected chi connectivity index (χ4v) is 1.38. The Morgan fingerprint density at radius 3 is 3.00 bits per heavy atom. The lowest BCUT2D eigenvalue weighted by molar-refractivity contribution is 0.544. The zero-order chi connectivity index (χ0) is 9.42. The molecule has 0 fully saturated rings. The van der Waals surface area contributed by atoms with E-state index in [2.05, 4.69) is 4.98 Å². The van der Waals surface area contributed by atoms with Crippen molar-refractivity contribution in [3.8, 4) is 0 Å². The first-order valence-corrected chi connectivity index (χ1v) is 4.02. The molecule has 4 heteroatoms. The highest BCUT2D eigenvalue weighted by atomic mass is 19.1. The van der Waals surface area contributed by atoms with Crippen molar-refractivity contribution in [3.05, 3.63) is 34.1 Å². The molecule has 0 atom stereocenters. The third-order valence-corrected chi connectivity index (χ3v) is 1.99. The van der Waals surface area contributed by atoms with Crippen LogP contribution in [0.5, 0.6) is 0 Å². The normalized spacial score (nSPS) is 10.9. The molecule has 0 bridgehead atoms. The first-order chi connectivity index (χ1) is 6.22.